The molecule has 7 nitrogen and oxygen atoms in total. The number of hydrogen-bond donors (Lipinski definition) is 0. The van der Waals surface area contributed by atoms with Crippen LogP contribution in [0.3, 0.4) is 0 Å². The number of nitrogens with zero attached hydrogens (tertiary/aromatic N) is 1. The van der Waals surface area contributed by atoms with Crippen molar-refractivity contribution >= 4 is 38.5 Å². The van der Waals surface area contributed by atoms with Crippen LogP contribution >= 0.6 is 0 Å². The molecule has 0 radical (unpaired) electrons. The Morgan fingerprint density at radius 2 is 1.55 bits per heavy atom. The van der Waals surface area contributed by atoms with E-state index in [0.29, 0.717) is 25.7 Å². The molecule has 0 fully saturated rings. The van der Waals surface area contributed by atoms with E-state index in [9.17, 15) is 9.59 Å². The van der Waals surface area contributed by atoms with Gasteiger partial charge < -0.3 is 16.4 Å². The van der Waals surface area contributed by atoms with Crippen LogP contribution in [0.15, 0.2) is 24.3 Å². The maximum absolute atomic E-state index is 12.0. The molecule has 0 aliphatic rings. The second-order valence-electron chi connectivity index (χ2n) is 4.28. The first-order valence-electron chi connectivity index (χ1n) is 6.19. The molecule has 3 N–H and O–H groups in total. The van der Waals surface area contributed by atoms with E-state index in [0.717, 1.165) is 5.69 Å². The van der Waals surface area contributed by atoms with Crippen LogP contribution in [0.1, 0.15) is 25.7 Å². The van der Waals surface area contributed by atoms with Crippen molar-refractivity contribution in [1.29, 1.82) is 0 Å². The number of amides is 1. The van der Waals surface area contributed by atoms with E-state index in [2.05, 4.69) is 4.74 Å². The maximum atomic E-state index is 12.0. The van der Waals surface area contributed by atoms with Crippen LogP contribution in [-0.2, 0) is 14.3 Å². The number of rotatable bonds is 6. The van der Waals surface area contributed by atoms with Gasteiger partial charge in [0.2, 0.25) is 0 Å². The van der Waals surface area contributed by atoms with Gasteiger partial charge in [0.1, 0.15) is 0 Å². The monoisotopic (exact) mass is 373 g/mol. The Balaban J connectivity index is -0.00000120. The third kappa shape index (κ3) is 8.78. The molecule has 0 bridgehead atoms. The molecule has 0 saturated carbocycles. The molecule has 0 spiro atoms. The van der Waals surface area contributed by atoms with Crippen LogP contribution in [0.25, 0.3) is 0 Å². The van der Waals surface area contributed by atoms with Crippen molar-refractivity contribution < 1.29 is 30.8 Å². The van der Waals surface area contributed by atoms with E-state index in [1.165, 1.54) is 11.5 Å². The zero-order valence-corrected chi connectivity index (χ0v) is 14.7. The van der Waals surface area contributed by atoms with E-state index in [-0.39, 0.29) is 28.3 Å². The maximum Gasteiger partial charge on any atom is -0.870 e. The van der Waals surface area contributed by atoms with Gasteiger partial charge in [0.05, 0.1) is 7.11 Å². The number of hydrogen-bond acceptors (Lipinski definition) is 6. The summed E-state index contributed by atoms with van der Waals surface area (Å²) in [7, 11) is 3.14. The van der Waals surface area contributed by atoms with Crippen molar-refractivity contribution in [3.8, 4) is 0 Å². The van der Waals surface area contributed by atoms with Crippen LogP contribution in [-0.4, -0.2) is 59.0 Å². The molecule has 1 amide bonds. The summed E-state index contributed by atoms with van der Waals surface area (Å²) in [6.45, 7) is 0. The first kappa shape index (κ1) is 25.5. The summed E-state index contributed by atoms with van der Waals surface area (Å²) in [4.78, 5) is 24.5. The summed E-state index contributed by atoms with van der Waals surface area (Å²) < 4.78 is 5.72. The molecule has 0 heterocycles. The van der Waals surface area contributed by atoms with E-state index in [1.54, 1.807) is 11.9 Å². The van der Waals surface area contributed by atoms with Crippen LogP contribution in [0.2, 0.25) is 0 Å². The molecule has 0 aliphatic carbocycles. The fourth-order valence-corrected chi connectivity index (χ4v) is 1.99. The minimum Gasteiger partial charge on any atom is -0.870 e. The summed E-state index contributed by atoms with van der Waals surface area (Å²) >= 11 is 2.01. The Hall–Kier alpha value is -1.42. The second-order valence-corrected chi connectivity index (χ2v) is 5.49. The molecule has 0 aromatic heterocycles. The van der Waals surface area contributed by atoms with Gasteiger partial charge in [-0.15, -0.1) is 0 Å². The number of carbonyl (C=O) groups is 2. The first-order valence-corrected chi connectivity index (χ1v) is 7.24. The Kier molecular flexibility index (Phi) is 15.4. The fourth-order valence-electron chi connectivity index (χ4n) is 1.64. The van der Waals surface area contributed by atoms with Gasteiger partial charge >= 0.3 is 115 Å². The normalized spacial score (nSPS) is 8.73. The summed E-state index contributed by atoms with van der Waals surface area (Å²) in [6, 6.07) is 7.83. The topological polar surface area (TPSA) is 137 Å². The molecule has 0 saturated heterocycles. The fraction of sp³-hybridized carbons (Fsp3) is 0.429. The van der Waals surface area contributed by atoms with Crippen molar-refractivity contribution in [3.63, 3.8) is 0 Å². The molecule has 0 atom stereocenters. The van der Waals surface area contributed by atoms with Crippen molar-refractivity contribution in [2.75, 3.05) is 19.1 Å². The molecule has 1 aromatic rings. The molecule has 0 unspecified atom stereocenters. The third-order valence-electron chi connectivity index (χ3n) is 2.88. The van der Waals surface area contributed by atoms with E-state index < -0.39 is 0 Å². The molecule has 1 aromatic carbocycles. The molecule has 122 valence electrons. The van der Waals surface area contributed by atoms with Gasteiger partial charge in [0, 0.05) is 0 Å². The molecule has 0 aliphatic heterocycles. The summed E-state index contributed by atoms with van der Waals surface area (Å²) in [6.07, 6.45) is 2.20. The van der Waals surface area contributed by atoms with Gasteiger partial charge in [-0.05, 0) is 0 Å². The molecular weight excluding hydrogens is 351 g/mol. The number of carbonyl (C=O) groups excluding carboxylic acids is 2. The number of ether oxygens (including phenoxy) is 1. The van der Waals surface area contributed by atoms with Crippen molar-refractivity contribution in [3.05, 3.63) is 24.3 Å². The van der Waals surface area contributed by atoms with Gasteiger partial charge in [-0.2, -0.15) is 0 Å². The second kappa shape index (κ2) is 13.3. The third-order valence-corrected chi connectivity index (χ3v) is 3.58. The smallest absolute Gasteiger partial charge is 0.870 e. The minimum atomic E-state index is -0.223. The zero-order valence-electron chi connectivity index (χ0n) is 12.7. The van der Waals surface area contributed by atoms with Crippen molar-refractivity contribution in [2.24, 2.45) is 0 Å². The first-order chi connectivity index (χ1) is 9.04. The molecular formula is C14H21GeNO6. The summed E-state index contributed by atoms with van der Waals surface area (Å²) in [5, 5.41) is 0. The van der Waals surface area contributed by atoms with Gasteiger partial charge in [0.25, 0.3) is 0 Å². The Morgan fingerprint density at radius 3 is 2.05 bits per heavy atom. The number of esters is 1. The average Bonchev–Trinajstić information content (AvgIpc) is 2.43. The number of anilines is 1. The van der Waals surface area contributed by atoms with Gasteiger partial charge in [-0.25, -0.2) is 0 Å². The van der Waals surface area contributed by atoms with E-state index >= 15 is 0 Å². The zero-order chi connectivity index (χ0) is 14.3. The van der Waals surface area contributed by atoms with E-state index in [1.807, 2.05) is 40.8 Å². The SMILES string of the molecule is COC(=O)CCCCC(=O)N(C)c1cc[c]([Ge+3])cc1.[OH-].[OH-].[OH-]. The molecule has 22 heavy (non-hydrogen) atoms. The predicted octanol–water partition coefficient (Wildman–Crippen LogP) is 0.646. The predicted molar refractivity (Wildman–Crippen MR) is 81.5 cm³/mol. The van der Waals surface area contributed by atoms with Crippen LogP contribution in [0.4, 0.5) is 5.69 Å². The summed E-state index contributed by atoms with van der Waals surface area (Å²) in [5.41, 5.74) is 0.892. The standard InChI is InChI=1S/C14H18GeNO3.3H2O/c1-16(12-9-7-11(15)8-10-12)13(17)5-3-4-6-14(18)19-2;;;/h7-10H,3-6H2,1-2H3;3*1H2/q+3;;;/p-3. The quantitative estimate of drug-likeness (QED) is 0.408. The van der Waals surface area contributed by atoms with Crippen molar-refractivity contribution in [2.45, 2.75) is 25.7 Å². The Bertz CT molecular complexity index is 437. The Morgan fingerprint density at radius 1 is 1.05 bits per heavy atom. The number of benzene rings is 1. The number of unbranched alkanes of at least 4 members (excludes halogenated alkanes) is 1. The largest absolute Gasteiger partial charge is 0.870 e. The average molecular weight is 372 g/mol. The van der Waals surface area contributed by atoms with Gasteiger partial charge in [-0.1, -0.05) is 0 Å². The minimum absolute atomic E-state index is 0. The van der Waals surface area contributed by atoms with Crippen LogP contribution in [0.5, 0.6) is 0 Å². The van der Waals surface area contributed by atoms with Crippen molar-refractivity contribution in [1.82, 2.24) is 0 Å². The molecule has 1 rings (SSSR count). The Labute approximate surface area is 138 Å². The number of methoxy groups -OCH3 is 1. The van der Waals surface area contributed by atoms with Gasteiger partial charge in [0.15, 0.2) is 0 Å². The molecule has 8 heteroatoms. The summed E-state index contributed by atoms with van der Waals surface area (Å²) in [5.74, 6) is -0.159. The van der Waals surface area contributed by atoms with E-state index in [4.69, 9.17) is 0 Å². The van der Waals surface area contributed by atoms with Crippen LogP contribution in [0, 0.1) is 0 Å². The van der Waals surface area contributed by atoms with Gasteiger partial charge in [-0.3, -0.25) is 0 Å². The van der Waals surface area contributed by atoms with Crippen LogP contribution < -0.4 is 9.30 Å².